The van der Waals surface area contributed by atoms with Crippen molar-refractivity contribution in [3.8, 4) is 0 Å². The third-order valence-electron chi connectivity index (χ3n) is 2.45. The van der Waals surface area contributed by atoms with Gasteiger partial charge in [-0.2, -0.15) is 0 Å². The zero-order valence-corrected chi connectivity index (χ0v) is 9.55. The van der Waals surface area contributed by atoms with Gasteiger partial charge in [0.15, 0.2) is 0 Å². The lowest BCUT2D eigenvalue weighted by Gasteiger charge is -2.08. The number of benzene rings is 1. The summed E-state index contributed by atoms with van der Waals surface area (Å²) in [4.78, 5) is 16.0. The maximum absolute atomic E-state index is 11.9. The second kappa shape index (κ2) is 4.93. The number of nitrogens with zero attached hydrogens (tertiary/aromatic N) is 1. The van der Waals surface area contributed by atoms with E-state index < -0.39 is 6.10 Å². The number of carbonyl (C=O) groups is 1. The molecule has 1 amide bonds. The minimum Gasteiger partial charge on any atom is -0.392 e. The van der Waals surface area contributed by atoms with Gasteiger partial charge in [0.25, 0.3) is 5.91 Å². The molecule has 0 fully saturated rings. The third-order valence-corrected chi connectivity index (χ3v) is 2.45. The molecule has 88 valence electrons. The van der Waals surface area contributed by atoms with Gasteiger partial charge < -0.3 is 10.4 Å². The third kappa shape index (κ3) is 2.60. The van der Waals surface area contributed by atoms with Gasteiger partial charge in [0.2, 0.25) is 0 Å². The van der Waals surface area contributed by atoms with Crippen LogP contribution in [0, 0.1) is 0 Å². The SMILES string of the molecule is CC(O)CNC(=O)c1nccc2ccccc12. The number of aliphatic hydroxyl groups is 1. The molecular weight excluding hydrogens is 216 g/mol. The lowest BCUT2D eigenvalue weighted by atomic mass is 10.1. The van der Waals surface area contributed by atoms with Crippen LogP contribution in [0.25, 0.3) is 10.8 Å². The largest absolute Gasteiger partial charge is 0.392 e. The van der Waals surface area contributed by atoms with Crippen LogP contribution in [0.4, 0.5) is 0 Å². The predicted molar refractivity (Wildman–Crippen MR) is 65.8 cm³/mol. The van der Waals surface area contributed by atoms with Gasteiger partial charge >= 0.3 is 0 Å². The van der Waals surface area contributed by atoms with Crippen molar-refractivity contribution in [3.63, 3.8) is 0 Å². The highest BCUT2D eigenvalue weighted by Gasteiger charge is 2.11. The monoisotopic (exact) mass is 230 g/mol. The molecule has 2 rings (SSSR count). The first kappa shape index (κ1) is 11.5. The standard InChI is InChI=1S/C13H14N2O2/c1-9(16)8-15-13(17)12-11-5-3-2-4-10(11)6-7-14-12/h2-7,9,16H,8H2,1H3,(H,15,17). The Morgan fingerprint density at radius 3 is 2.94 bits per heavy atom. The van der Waals surface area contributed by atoms with Gasteiger partial charge in [-0.25, -0.2) is 0 Å². The molecule has 1 heterocycles. The summed E-state index contributed by atoms with van der Waals surface area (Å²) in [6.07, 6.45) is 1.05. The van der Waals surface area contributed by atoms with E-state index in [2.05, 4.69) is 10.3 Å². The topological polar surface area (TPSA) is 62.2 Å². The van der Waals surface area contributed by atoms with Crippen molar-refractivity contribution in [1.29, 1.82) is 0 Å². The number of nitrogens with one attached hydrogen (secondary N) is 1. The normalized spacial score (nSPS) is 12.4. The number of hydrogen-bond donors (Lipinski definition) is 2. The fourth-order valence-electron chi connectivity index (χ4n) is 1.62. The highest BCUT2D eigenvalue weighted by atomic mass is 16.3. The minimum atomic E-state index is -0.561. The molecule has 0 spiro atoms. The number of rotatable bonds is 3. The molecule has 2 aromatic rings. The molecule has 1 unspecified atom stereocenters. The summed E-state index contributed by atoms with van der Waals surface area (Å²) in [5.74, 6) is -0.261. The van der Waals surface area contributed by atoms with Gasteiger partial charge in [-0.3, -0.25) is 9.78 Å². The molecule has 0 saturated heterocycles. The molecule has 0 aliphatic rings. The Kier molecular flexibility index (Phi) is 3.35. The molecular formula is C13H14N2O2. The summed E-state index contributed by atoms with van der Waals surface area (Å²) < 4.78 is 0. The van der Waals surface area contributed by atoms with Crippen LogP contribution in [0.5, 0.6) is 0 Å². The van der Waals surface area contributed by atoms with Crippen molar-refractivity contribution >= 4 is 16.7 Å². The first-order valence-electron chi connectivity index (χ1n) is 5.48. The van der Waals surface area contributed by atoms with Crippen molar-refractivity contribution in [3.05, 3.63) is 42.2 Å². The highest BCUT2D eigenvalue weighted by molar-refractivity contribution is 6.05. The Balaban J connectivity index is 2.32. The molecule has 0 radical (unpaired) electrons. The van der Waals surface area contributed by atoms with Crippen LogP contribution >= 0.6 is 0 Å². The summed E-state index contributed by atoms with van der Waals surface area (Å²) in [5, 5.41) is 13.6. The molecule has 1 atom stereocenters. The van der Waals surface area contributed by atoms with Crippen molar-refractivity contribution in [1.82, 2.24) is 10.3 Å². The van der Waals surface area contributed by atoms with Gasteiger partial charge in [0.1, 0.15) is 5.69 Å². The molecule has 4 nitrogen and oxygen atoms in total. The predicted octanol–water partition coefficient (Wildman–Crippen LogP) is 1.35. The highest BCUT2D eigenvalue weighted by Crippen LogP contribution is 2.15. The summed E-state index contributed by atoms with van der Waals surface area (Å²) in [6, 6.07) is 9.44. The van der Waals surface area contributed by atoms with Crippen molar-refractivity contribution in [2.75, 3.05) is 6.54 Å². The fraction of sp³-hybridized carbons (Fsp3) is 0.231. The van der Waals surface area contributed by atoms with Crippen LogP contribution in [0.2, 0.25) is 0 Å². The van der Waals surface area contributed by atoms with Crippen LogP contribution in [-0.4, -0.2) is 28.6 Å². The Morgan fingerprint density at radius 1 is 1.41 bits per heavy atom. The van der Waals surface area contributed by atoms with Crippen molar-refractivity contribution in [2.45, 2.75) is 13.0 Å². The number of pyridine rings is 1. The number of hydrogen-bond acceptors (Lipinski definition) is 3. The van der Waals surface area contributed by atoms with Gasteiger partial charge in [-0.1, -0.05) is 24.3 Å². The van der Waals surface area contributed by atoms with Gasteiger partial charge in [0.05, 0.1) is 6.10 Å². The Labute approximate surface area is 99.3 Å². The zero-order chi connectivity index (χ0) is 12.3. The van der Waals surface area contributed by atoms with Gasteiger partial charge in [0, 0.05) is 18.1 Å². The fourth-order valence-corrected chi connectivity index (χ4v) is 1.62. The van der Waals surface area contributed by atoms with Crippen molar-refractivity contribution < 1.29 is 9.90 Å². The number of amides is 1. The van der Waals surface area contributed by atoms with E-state index in [1.54, 1.807) is 13.1 Å². The van der Waals surface area contributed by atoms with E-state index in [1.165, 1.54) is 0 Å². The van der Waals surface area contributed by atoms with E-state index in [-0.39, 0.29) is 12.5 Å². The molecule has 1 aromatic heterocycles. The number of fused-ring (bicyclic) bond motifs is 1. The molecule has 0 bridgehead atoms. The van der Waals surface area contributed by atoms with E-state index >= 15 is 0 Å². The zero-order valence-electron chi connectivity index (χ0n) is 9.55. The van der Waals surface area contributed by atoms with Crippen LogP contribution in [0.1, 0.15) is 17.4 Å². The molecule has 0 aliphatic carbocycles. The lowest BCUT2D eigenvalue weighted by molar-refractivity contribution is 0.0921. The van der Waals surface area contributed by atoms with Crippen LogP contribution in [0.15, 0.2) is 36.5 Å². The van der Waals surface area contributed by atoms with Crippen LogP contribution < -0.4 is 5.32 Å². The summed E-state index contributed by atoms with van der Waals surface area (Å²) in [7, 11) is 0. The molecule has 1 aromatic carbocycles. The molecule has 2 N–H and O–H groups in total. The van der Waals surface area contributed by atoms with Gasteiger partial charge in [-0.05, 0) is 18.4 Å². The Bertz CT molecular complexity index is 532. The maximum Gasteiger partial charge on any atom is 0.270 e. The van der Waals surface area contributed by atoms with E-state index in [9.17, 15) is 4.79 Å². The first-order chi connectivity index (χ1) is 8.18. The summed E-state index contributed by atoms with van der Waals surface area (Å²) >= 11 is 0. The first-order valence-corrected chi connectivity index (χ1v) is 5.48. The average Bonchev–Trinajstić information content (AvgIpc) is 2.35. The smallest absolute Gasteiger partial charge is 0.270 e. The maximum atomic E-state index is 11.9. The Hall–Kier alpha value is -1.94. The number of aliphatic hydroxyl groups excluding tert-OH is 1. The molecule has 4 heteroatoms. The van der Waals surface area contributed by atoms with Crippen LogP contribution in [0.3, 0.4) is 0 Å². The molecule has 0 aliphatic heterocycles. The minimum absolute atomic E-state index is 0.226. The second-order valence-electron chi connectivity index (χ2n) is 3.94. The quantitative estimate of drug-likeness (QED) is 0.836. The number of carbonyl (C=O) groups excluding carboxylic acids is 1. The second-order valence-corrected chi connectivity index (χ2v) is 3.94. The van der Waals surface area contributed by atoms with Crippen molar-refractivity contribution in [2.24, 2.45) is 0 Å². The van der Waals surface area contributed by atoms with E-state index in [1.807, 2.05) is 30.3 Å². The van der Waals surface area contributed by atoms with Gasteiger partial charge in [-0.15, -0.1) is 0 Å². The Morgan fingerprint density at radius 2 is 2.18 bits per heavy atom. The number of aromatic nitrogens is 1. The lowest BCUT2D eigenvalue weighted by Crippen LogP contribution is -2.31. The van der Waals surface area contributed by atoms with E-state index in [0.717, 1.165) is 10.8 Å². The molecule has 0 saturated carbocycles. The van der Waals surface area contributed by atoms with E-state index in [4.69, 9.17) is 5.11 Å². The van der Waals surface area contributed by atoms with Crippen LogP contribution in [-0.2, 0) is 0 Å². The summed E-state index contributed by atoms with van der Waals surface area (Å²) in [5.41, 5.74) is 0.392. The average molecular weight is 230 g/mol. The molecule has 17 heavy (non-hydrogen) atoms. The van der Waals surface area contributed by atoms with E-state index in [0.29, 0.717) is 5.69 Å². The summed E-state index contributed by atoms with van der Waals surface area (Å²) in [6.45, 7) is 1.85.